The highest BCUT2D eigenvalue weighted by molar-refractivity contribution is 8.00. The van der Waals surface area contributed by atoms with Crippen molar-refractivity contribution in [3.8, 4) is 0 Å². The van der Waals surface area contributed by atoms with Crippen molar-refractivity contribution in [2.75, 3.05) is 18.8 Å². The largest absolute Gasteiger partial charge is 0.338 e. The van der Waals surface area contributed by atoms with Crippen LogP contribution < -0.4 is 0 Å². The number of carbonyl (C=O) groups excluding carboxylic acids is 1. The van der Waals surface area contributed by atoms with Crippen molar-refractivity contribution in [2.45, 2.75) is 25.0 Å². The first-order valence-corrected chi connectivity index (χ1v) is 7.05. The van der Waals surface area contributed by atoms with Gasteiger partial charge in [0.15, 0.2) is 0 Å². The molecule has 0 N–H and O–H groups in total. The highest BCUT2D eigenvalue weighted by Gasteiger charge is 2.26. The third kappa shape index (κ3) is 3.25. The summed E-state index contributed by atoms with van der Waals surface area (Å²) < 4.78 is 0.297. The lowest BCUT2D eigenvalue weighted by atomic mass is 10.1. The van der Waals surface area contributed by atoms with E-state index >= 15 is 0 Å². The Balaban J connectivity index is 2.06. The van der Waals surface area contributed by atoms with Gasteiger partial charge in [-0.15, -0.1) is 0 Å². The molecule has 1 aliphatic heterocycles. The number of nitrogens with zero attached hydrogens (tertiary/aromatic N) is 1. The van der Waals surface area contributed by atoms with E-state index in [1.807, 2.05) is 47.0 Å². The molecule has 1 saturated heterocycles. The Hall–Kier alpha value is -0.960. The Labute approximate surface area is 107 Å². The summed E-state index contributed by atoms with van der Waals surface area (Å²) in [7, 11) is 0. The van der Waals surface area contributed by atoms with Crippen LogP contribution in [0.15, 0.2) is 30.3 Å². The second-order valence-corrected chi connectivity index (χ2v) is 6.82. The Morgan fingerprint density at radius 1 is 1.24 bits per heavy atom. The molecule has 1 aromatic carbocycles. The Bertz CT molecular complexity index is 388. The lowest BCUT2D eigenvalue weighted by Gasteiger charge is -2.22. The Morgan fingerprint density at radius 2 is 1.94 bits per heavy atom. The molecule has 2 nitrogen and oxygen atoms in total. The number of hydrogen-bond acceptors (Lipinski definition) is 2. The topological polar surface area (TPSA) is 20.3 Å². The highest BCUT2D eigenvalue weighted by Crippen LogP contribution is 2.30. The molecule has 1 aromatic rings. The van der Waals surface area contributed by atoms with E-state index < -0.39 is 0 Å². The molecule has 17 heavy (non-hydrogen) atoms. The van der Waals surface area contributed by atoms with Gasteiger partial charge < -0.3 is 4.90 Å². The van der Waals surface area contributed by atoms with Gasteiger partial charge in [-0.3, -0.25) is 4.79 Å². The first-order chi connectivity index (χ1) is 8.08. The summed E-state index contributed by atoms with van der Waals surface area (Å²) in [5.41, 5.74) is 0.803. The van der Waals surface area contributed by atoms with Crippen LogP contribution in [-0.4, -0.2) is 34.4 Å². The number of benzene rings is 1. The standard InChI is InChI=1S/C14H19NOS/c1-14(2)8-9-15(10-11-17-14)13(16)12-6-4-3-5-7-12/h3-7H,8-11H2,1-2H3. The van der Waals surface area contributed by atoms with Crippen molar-refractivity contribution < 1.29 is 4.79 Å². The molecule has 1 amide bonds. The van der Waals surface area contributed by atoms with Crippen molar-refractivity contribution in [3.05, 3.63) is 35.9 Å². The zero-order valence-electron chi connectivity index (χ0n) is 10.5. The van der Waals surface area contributed by atoms with Gasteiger partial charge in [0, 0.05) is 29.2 Å². The molecule has 0 spiro atoms. The molecular formula is C14H19NOS. The summed E-state index contributed by atoms with van der Waals surface area (Å²) in [6.07, 6.45) is 1.07. The lowest BCUT2D eigenvalue weighted by molar-refractivity contribution is 0.0764. The second kappa shape index (κ2) is 5.13. The summed E-state index contributed by atoms with van der Waals surface area (Å²) in [4.78, 5) is 14.3. The number of rotatable bonds is 1. The van der Waals surface area contributed by atoms with Gasteiger partial charge in [0.2, 0.25) is 0 Å². The molecule has 0 saturated carbocycles. The fourth-order valence-electron chi connectivity index (χ4n) is 1.99. The zero-order chi connectivity index (χ0) is 12.3. The minimum atomic E-state index is 0.170. The average Bonchev–Trinajstić information content (AvgIpc) is 2.50. The third-order valence-corrected chi connectivity index (χ3v) is 4.52. The summed E-state index contributed by atoms with van der Waals surface area (Å²) in [5, 5.41) is 0. The van der Waals surface area contributed by atoms with Gasteiger partial charge in [0.05, 0.1) is 0 Å². The molecule has 0 atom stereocenters. The molecule has 0 bridgehead atoms. The average molecular weight is 249 g/mol. The molecule has 0 unspecified atom stereocenters. The summed E-state index contributed by atoms with van der Waals surface area (Å²) in [6.45, 7) is 6.25. The summed E-state index contributed by atoms with van der Waals surface area (Å²) in [6, 6.07) is 9.57. The highest BCUT2D eigenvalue weighted by atomic mass is 32.2. The smallest absolute Gasteiger partial charge is 0.253 e. The van der Waals surface area contributed by atoms with Gasteiger partial charge in [-0.05, 0) is 18.6 Å². The van der Waals surface area contributed by atoms with Crippen LogP contribution in [0.25, 0.3) is 0 Å². The molecule has 92 valence electrons. The predicted molar refractivity (Wildman–Crippen MR) is 73.5 cm³/mol. The molecular weight excluding hydrogens is 230 g/mol. The van der Waals surface area contributed by atoms with Gasteiger partial charge in [0.1, 0.15) is 0 Å². The fraction of sp³-hybridized carbons (Fsp3) is 0.500. The SMILES string of the molecule is CC1(C)CCN(C(=O)c2ccccc2)CCS1. The monoisotopic (exact) mass is 249 g/mol. The maximum atomic E-state index is 12.3. The van der Waals surface area contributed by atoms with E-state index in [1.165, 1.54) is 0 Å². The summed E-state index contributed by atoms with van der Waals surface area (Å²) >= 11 is 1.96. The minimum Gasteiger partial charge on any atom is -0.338 e. The first kappa shape index (κ1) is 12.5. The van der Waals surface area contributed by atoms with Crippen molar-refractivity contribution in [3.63, 3.8) is 0 Å². The van der Waals surface area contributed by atoms with Crippen molar-refractivity contribution in [2.24, 2.45) is 0 Å². The van der Waals surface area contributed by atoms with Gasteiger partial charge in [-0.1, -0.05) is 32.0 Å². The lowest BCUT2D eigenvalue weighted by Crippen LogP contribution is -2.33. The normalized spacial score (nSPS) is 19.8. The molecule has 2 rings (SSSR count). The molecule has 1 heterocycles. The van der Waals surface area contributed by atoms with E-state index in [9.17, 15) is 4.79 Å². The van der Waals surface area contributed by atoms with Crippen LogP contribution in [0.1, 0.15) is 30.6 Å². The number of amides is 1. The molecule has 1 fully saturated rings. The van der Waals surface area contributed by atoms with Crippen LogP contribution in [0.4, 0.5) is 0 Å². The summed E-state index contributed by atoms with van der Waals surface area (Å²) in [5.74, 6) is 1.20. The van der Waals surface area contributed by atoms with Crippen LogP contribution in [0.5, 0.6) is 0 Å². The predicted octanol–water partition coefficient (Wildman–Crippen LogP) is 3.04. The number of hydrogen-bond donors (Lipinski definition) is 0. The minimum absolute atomic E-state index is 0.170. The molecule has 3 heteroatoms. The number of thioether (sulfide) groups is 1. The van der Waals surface area contributed by atoms with Gasteiger partial charge in [-0.25, -0.2) is 0 Å². The van der Waals surface area contributed by atoms with E-state index in [4.69, 9.17) is 0 Å². The van der Waals surface area contributed by atoms with Crippen molar-refractivity contribution in [1.82, 2.24) is 4.90 Å². The molecule has 0 radical (unpaired) electrons. The van der Waals surface area contributed by atoms with Crippen LogP contribution in [-0.2, 0) is 0 Å². The number of carbonyl (C=O) groups is 1. The fourth-order valence-corrected chi connectivity index (χ4v) is 3.09. The maximum absolute atomic E-state index is 12.3. The van der Waals surface area contributed by atoms with E-state index in [-0.39, 0.29) is 5.91 Å². The van der Waals surface area contributed by atoms with E-state index in [0.717, 1.165) is 30.8 Å². The molecule has 0 aromatic heterocycles. The maximum Gasteiger partial charge on any atom is 0.253 e. The van der Waals surface area contributed by atoms with E-state index in [2.05, 4.69) is 13.8 Å². The Morgan fingerprint density at radius 3 is 2.65 bits per heavy atom. The van der Waals surface area contributed by atoms with Crippen molar-refractivity contribution >= 4 is 17.7 Å². The van der Waals surface area contributed by atoms with Crippen LogP contribution in [0.3, 0.4) is 0 Å². The van der Waals surface area contributed by atoms with Gasteiger partial charge >= 0.3 is 0 Å². The molecule has 0 aliphatic carbocycles. The van der Waals surface area contributed by atoms with Crippen LogP contribution in [0, 0.1) is 0 Å². The van der Waals surface area contributed by atoms with Crippen LogP contribution >= 0.6 is 11.8 Å². The van der Waals surface area contributed by atoms with E-state index in [0.29, 0.717) is 4.75 Å². The van der Waals surface area contributed by atoms with Gasteiger partial charge in [0.25, 0.3) is 5.91 Å². The quantitative estimate of drug-likeness (QED) is 0.762. The molecule has 1 aliphatic rings. The Kier molecular flexibility index (Phi) is 3.77. The van der Waals surface area contributed by atoms with Crippen molar-refractivity contribution in [1.29, 1.82) is 0 Å². The third-order valence-electron chi connectivity index (χ3n) is 3.15. The second-order valence-electron chi connectivity index (χ2n) is 5.02. The first-order valence-electron chi connectivity index (χ1n) is 6.07. The van der Waals surface area contributed by atoms with E-state index in [1.54, 1.807) is 0 Å². The van der Waals surface area contributed by atoms with Crippen LogP contribution in [0.2, 0.25) is 0 Å². The van der Waals surface area contributed by atoms with Gasteiger partial charge in [-0.2, -0.15) is 11.8 Å². The zero-order valence-corrected chi connectivity index (χ0v) is 11.3.